The molecule has 1 unspecified atom stereocenters. The number of aliphatic imine (C=N–C) groups is 1. The smallest absolute Gasteiger partial charge is 0.344 e. The van der Waals surface area contributed by atoms with E-state index >= 15 is 4.39 Å². The molecule has 16 nitrogen and oxygen atoms in total. The molecule has 0 aliphatic carbocycles. The molecule has 0 spiro atoms. The normalized spacial score (nSPS) is 14.1. The lowest BCUT2D eigenvalue weighted by Crippen LogP contribution is -2.42. The number of pyridine rings is 1. The van der Waals surface area contributed by atoms with Crippen molar-refractivity contribution in [2.45, 2.75) is 105 Å². The highest BCUT2D eigenvalue weighted by molar-refractivity contribution is 6.01. The van der Waals surface area contributed by atoms with Crippen LogP contribution in [-0.2, 0) is 22.6 Å². The molecule has 0 saturated carbocycles. The number of hydrogen-bond donors (Lipinski definition) is 6. The number of urea groups is 1. The molecule has 1 aromatic heterocycles. The zero-order valence-electron chi connectivity index (χ0n) is 45.2. The molecule has 2 aliphatic rings. The van der Waals surface area contributed by atoms with Crippen molar-refractivity contribution < 1.29 is 33.5 Å². The molecule has 0 bridgehead atoms. The maximum atomic E-state index is 15.6. The third kappa shape index (κ3) is 24.5. The number of likely N-dealkylation sites (N-methyl/N-ethyl adjacent to an activating group) is 1. The van der Waals surface area contributed by atoms with Crippen molar-refractivity contribution in [2.24, 2.45) is 10.7 Å². The van der Waals surface area contributed by atoms with Crippen LogP contribution in [0.5, 0.6) is 5.75 Å². The van der Waals surface area contributed by atoms with Gasteiger partial charge in [0.2, 0.25) is 0 Å². The van der Waals surface area contributed by atoms with Gasteiger partial charge in [-0.3, -0.25) is 19.5 Å². The van der Waals surface area contributed by atoms with Crippen LogP contribution in [-0.4, -0.2) is 156 Å². The second kappa shape index (κ2) is 39.8. The molecule has 2 saturated heterocycles. The molecule has 2 aliphatic heterocycles. The van der Waals surface area contributed by atoms with Crippen molar-refractivity contribution in [1.29, 1.82) is 0 Å². The molecule has 3 amide bonds. The minimum absolute atomic E-state index is 0.00329. The summed E-state index contributed by atoms with van der Waals surface area (Å²) in [5.41, 5.74) is 7.56. The minimum Gasteiger partial charge on any atom is -0.508 e. The molecule has 6 rings (SSSR count). The average molecular weight is 1000 g/mol. The van der Waals surface area contributed by atoms with E-state index in [1.807, 2.05) is 57.4 Å². The summed E-state index contributed by atoms with van der Waals surface area (Å²) in [4.78, 5) is 68.0. The van der Waals surface area contributed by atoms with Crippen LogP contribution >= 0.6 is 0 Å². The van der Waals surface area contributed by atoms with Crippen LogP contribution in [0.4, 0.5) is 14.9 Å². The van der Waals surface area contributed by atoms with Gasteiger partial charge in [-0.2, -0.15) is 0 Å². The van der Waals surface area contributed by atoms with Gasteiger partial charge in [-0.1, -0.05) is 70.5 Å². The Balaban J connectivity index is 0.00000100. The quantitative estimate of drug-likeness (QED) is 0.0379. The van der Waals surface area contributed by atoms with Gasteiger partial charge < -0.3 is 51.5 Å². The molecule has 3 heterocycles. The number of phenolic OH excluding ortho intramolecular Hbond substituents is 1. The van der Waals surface area contributed by atoms with E-state index in [1.54, 1.807) is 32.4 Å². The van der Waals surface area contributed by atoms with Crippen LogP contribution in [0.3, 0.4) is 0 Å². The fraction of sp³-hybridized carbons (Fsp3) is 0.509. The number of phenols is 1. The Hall–Kier alpha value is -5.82. The van der Waals surface area contributed by atoms with Crippen molar-refractivity contribution in [3.63, 3.8) is 0 Å². The van der Waals surface area contributed by atoms with Gasteiger partial charge in [0.25, 0.3) is 5.91 Å². The number of benzene rings is 3. The second-order valence-corrected chi connectivity index (χ2v) is 17.1. The number of anilines is 1. The number of aromatic nitrogens is 1. The van der Waals surface area contributed by atoms with E-state index in [1.165, 1.54) is 43.8 Å². The lowest BCUT2D eigenvalue weighted by atomic mass is 9.98. The SMILES string of the molecule is C=NC(=O)Nc1c(CC(CC)NC)cnc(-c2cc(O)cc3ccccc23)c1F.CCC.CCNC.CN.CN(C)C(=O)c1cc(CN2CCNCC2)ccc1C=O.C[C@H]1CCCN1C.O=CCCCC=O. The summed E-state index contributed by atoms with van der Waals surface area (Å²) in [6, 6.07) is 16.1. The van der Waals surface area contributed by atoms with Crippen molar-refractivity contribution in [3.8, 4) is 17.0 Å². The van der Waals surface area contributed by atoms with Gasteiger partial charge in [-0.25, -0.2) is 14.2 Å². The minimum atomic E-state index is -0.749. The Morgan fingerprint density at radius 3 is 2.11 bits per heavy atom. The summed E-state index contributed by atoms with van der Waals surface area (Å²) in [5, 5.41) is 23.5. The predicted molar refractivity (Wildman–Crippen MR) is 295 cm³/mol. The summed E-state index contributed by atoms with van der Waals surface area (Å²) < 4.78 is 15.6. The monoisotopic (exact) mass is 1000 g/mol. The zero-order chi connectivity index (χ0) is 54.4. The molecule has 3 aromatic carbocycles. The van der Waals surface area contributed by atoms with Gasteiger partial charge in [0, 0.05) is 89.1 Å². The van der Waals surface area contributed by atoms with Crippen molar-refractivity contribution >= 4 is 54.0 Å². The van der Waals surface area contributed by atoms with Gasteiger partial charge in [0.1, 0.15) is 24.0 Å². The molecule has 7 N–H and O–H groups in total. The van der Waals surface area contributed by atoms with Gasteiger partial charge >= 0.3 is 6.03 Å². The van der Waals surface area contributed by atoms with E-state index in [0.717, 1.165) is 86.9 Å². The van der Waals surface area contributed by atoms with Crippen LogP contribution < -0.4 is 27.0 Å². The summed E-state index contributed by atoms with van der Waals surface area (Å²) in [6.45, 7) is 21.0. The standard InChI is InChI=1S/C22H23FN4O2.C15H21N3O2.C6H13N.C5H8O2.C3H9N.C3H8.CH5N/c1-4-15(24-2)9-14-12-26-21(19(23)20(14)27-22(29)25-3)18-11-16(28)10-13-7-5-6-8-17(13)18;1-17(2)15(20)14-9-12(3-4-13(14)11-19)10-18-7-5-16-6-8-18;1-6-4-3-5-7(6)2;6-4-2-1-3-5-7;1-3-4-2;1-3-2;1-2/h5-8,10-12,15,24,28H,3-4,9H2,1-2H3,(H,26,27,29);3-4,9,11,16H,5-8,10H2,1-2H3;6H,3-5H2,1-2H3;4-5H,1-3H2;4H,3H2,1-2H3;3H2,1-2H3;2H2,1H3/t;;6-;;;;/m..0..../s1. The molecule has 2 fully saturated rings. The highest BCUT2D eigenvalue weighted by atomic mass is 19.1. The number of nitrogens with zero attached hydrogens (tertiary/aromatic N) is 5. The first kappa shape index (κ1) is 66.2. The number of carbonyl (C=O) groups is 5. The second-order valence-electron chi connectivity index (χ2n) is 17.1. The van der Waals surface area contributed by atoms with Gasteiger partial charge in [-0.15, -0.1) is 0 Å². The number of likely N-dealkylation sites (tertiary alicyclic amines) is 1. The number of unbranched alkanes of at least 4 members (excludes halogenated alkanes) is 2. The molecule has 400 valence electrons. The lowest BCUT2D eigenvalue weighted by Gasteiger charge is -2.27. The van der Waals surface area contributed by atoms with Crippen molar-refractivity contribution in [2.75, 3.05) is 86.9 Å². The molecular formula is C55H87FN10O6. The highest BCUT2D eigenvalue weighted by Gasteiger charge is 2.22. The zero-order valence-corrected chi connectivity index (χ0v) is 45.2. The summed E-state index contributed by atoms with van der Waals surface area (Å²) in [7, 11) is 10.8. The number of carbonyl (C=O) groups excluding carboxylic acids is 5. The highest BCUT2D eigenvalue weighted by Crippen LogP contribution is 2.36. The van der Waals surface area contributed by atoms with E-state index in [4.69, 9.17) is 0 Å². The number of piperazine rings is 1. The fourth-order valence-electron chi connectivity index (χ4n) is 7.07. The van der Waals surface area contributed by atoms with Crippen molar-refractivity contribution in [3.05, 3.63) is 88.9 Å². The summed E-state index contributed by atoms with van der Waals surface area (Å²) in [5.74, 6) is -0.806. The largest absolute Gasteiger partial charge is 0.508 e. The van der Waals surface area contributed by atoms with Crippen molar-refractivity contribution in [1.82, 2.24) is 35.6 Å². The molecule has 17 heteroatoms. The van der Waals surface area contributed by atoms with Crippen LogP contribution in [0.25, 0.3) is 22.0 Å². The maximum absolute atomic E-state index is 15.6. The predicted octanol–water partition coefficient (Wildman–Crippen LogP) is 8.00. The molecular weight excluding hydrogens is 916 g/mol. The van der Waals surface area contributed by atoms with Crippen LogP contribution in [0.1, 0.15) is 111 Å². The first-order valence-corrected chi connectivity index (χ1v) is 25.0. The maximum Gasteiger partial charge on any atom is 0.344 e. The molecule has 72 heavy (non-hydrogen) atoms. The van der Waals surface area contributed by atoms with Crippen LogP contribution in [0.15, 0.2) is 65.8 Å². The Kier molecular flexibility index (Phi) is 36.5. The van der Waals surface area contributed by atoms with Gasteiger partial charge in [-0.05, 0) is 127 Å². The summed E-state index contributed by atoms with van der Waals surface area (Å²) in [6.07, 6.45) is 11.0. The Morgan fingerprint density at radius 2 is 1.62 bits per heavy atom. The van der Waals surface area contributed by atoms with Gasteiger partial charge in [0.05, 0.1) is 11.3 Å². The molecule has 4 aromatic rings. The molecule has 0 radical (unpaired) electrons. The van der Waals surface area contributed by atoms with E-state index in [0.29, 0.717) is 47.9 Å². The number of rotatable bonds is 15. The molecule has 2 atom stereocenters. The first-order chi connectivity index (χ1) is 34.6. The third-order valence-corrected chi connectivity index (χ3v) is 11.3. The number of nitrogens with two attached hydrogens (primary N) is 1. The summed E-state index contributed by atoms with van der Waals surface area (Å²) >= 11 is 0. The fourth-order valence-corrected chi connectivity index (χ4v) is 7.07. The number of aldehydes is 3. The topological polar surface area (TPSA) is 215 Å². The van der Waals surface area contributed by atoms with E-state index in [9.17, 15) is 29.1 Å². The number of hydrogen-bond acceptors (Lipinski definition) is 13. The first-order valence-electron chi connectivity index (χ1n) is 25.0. The Labute approximate surface area is 429 Å². The lowest BCUT2D eigenvalue weighted by molar-refractivity contribution is -0.108. The third-order valence-electron chi connectivity index (χ3n) is 11.3. The number of nitrogens with one attached hydrogen (secondary N) is 4. The van der Waals surface area contributed by atoms with Gasteiger partial charge in [0.15, 0.2) is 12.1 Å². The average Bonchev–Trinajstić information content (AvgIpc) is 3.78. The number of fused-ring (bicyclic) bond motifs is 1. The Morgan fingerprint density at radius 1 is 1.00 bits per heavy atom. The number of halogens is 1. The Bertz CT molecular complexity index is 2170. The van der Waals surface area contributed by atoms with Crippen LogP contribution in [0.2, 0.25) is 0 Å². The number of amides is 3. The van der Waals surface area contributed by atoms with E-state index < -0.39 is 11.8 Å². The van der Waals surface area contributed by atoms with E-state index in [-0.39, 0.29) is 29.1 Å². The van der Waals surface area contributed by atoms with Crippen LogP contribution in [0, 0.1) is 5.82 Å². The van der Waals surface area contributed by atoms with E-state index in [2.05, 4.69) is 88.2 Å². The number of aromatic hydroxyl groups is 1.